The quantitative estimate of drug-likeness (QED) is 0.656. The smallest absolute Gasteiger partial charge is 0.428 e. The van der Waals surface area contributed by atoms with Gasteiger partial charge in [0.05, 0.1) is 5.52 Å². The van der Waals surface area contributed by atoms with Crippen molar-refractivity contribution < 1.29 is 31.1 Å². The zero-order valence-electron chi connectivity index (χ0n) is 12.2. The van der Waals surface area contributed by atoms with Crippen LogP contribution in [0.4, 0.5) is 22.0 Å². The van der Waals surface area contributed by atoms with Gasteiger partial charge in [0, 0.05) is 5.56 Å². The summed E-state index contributed by atoms with van der Waals surface area (Å²) in [6.45, 7) is 0. The molecular weight excluding hydrogens is 349 g/mol. The van der Waals surface area contributed by atoms with Gasteiger partial charge in [-0.1, -0.05) is 6.07 Å². The van der Waals surface area contributed by atoms with E-state index in [-0.39, 0.29) is 22.4 Å². The molecule has 0 bridgehead atoms. The molecule has 0 aliphatic heterocycles. The number of hydrogen-bond acceptors (Lipinski definition) is 4. The summed E-state index contributed by atoms with van der Waals surface area (Å²) in [7, 11) is 0. The van der Waals surface area contributed by atoms with Crippen molar-refractivity contribution in [2.24, 2.45) is 0 Å². The van der Waals surface area contributed by atoms with Gasteiger partial charge in [-0.15, -0.1) is 0 Å². The molecule has 0 saturated heterocycles. The summed E-state index contributed by atoms with van der Waals surface area (Å²) in [5.41, 5.74) is -0.713. The summed E-state index contributed by atoms with van der Waals surface area (Å²) in [4.78, 5) is 15.9. The van der Waals surface area contributed by atoms with E-state index in [1.165, 1.54) is 24.3 Å². The van der Waals surface area contributed by atoms with Crippen LogP contribution in [-0.4, -0.2) is 17.5 Å². The number of rotatable bonds is 4. The molecule has 0 atom stereocenters. The van der Waals surface area contributed by atoms with Crippen LogP contribution in [0.3, 0.4) is 0 Å². The third-order valence-corrected chi connectivity index (χ3v) is 3.22. The van der Waals surface area contributed by atoms with Crippen molar-refractivity contribution >= 4 is 10.9 Å². The fourth-order valence-electron chi connectivity index (χ4n) is 2.07. The van der Waals surface area contributed by atoms with Gasteiger partial charge >= 0.3 is 18.2 Å². The van der Waals surface area contributed by atoms with Gasteiger partial charge in [0.2, 0.25) is 5.89 Å². The first-order valence-corrected chi connectivity index (χ1v) is 6.83. The number of benzene rings is 2. The number of aromatic nitrogens is 1. The maximum atomic E-state index is 13.6. The Hall–Kier alpha value is -2.97. The van der Waals surface area contributed by atoms with E-state index < -0.39 is 29.7 Å². The Morgan fingerprint density at radius 3 is 2.40 bits per heavy atom. The Morgan fingerprint density at radius 2 is 1.76 bits per heavy atom. The van der Waals surface area contributed by atoms with E-state index in [0.717, 1.165) is 18.2 Å². The molecule has 2 aromatic carbocycles. The summed E-state index contributed by atoms with van der Waals surface area (Å²) in [6.07, 6.45) is -8.62. The fraction of sp³-hybridized carbons (Fsp3) is 0.125. The molecule has 0 radical (unpaired) electrons. The fourth-order valence-corrected chi connectivity index (χ4v) is 2.07. The Morgan fingerprint density at radius 1 is 1.08 bits per heavy atom. The molecule has 1 aromatic heterocycles. The molecule has 0 saturated carbocycles. The monoisotopic (exact) mass is 357 g/mol. The van der Waals surface area contributed by atoms with Crippen molar-refractivity contribution in [3.8, 4) is 17.2 Å². The van der Waals surface area contributed by atoms with Crippen molar-refractivity contribution in [1.29, 1.82) is 0 Å². The summed E-state index contributed by atoms with van der Waals surface area (Å²) in [5, 5.41) is -0.317. The first-order valence-electron chi connectivity index (χ1n) is 6.83. The lowest BCUT2D eigenvalue weighted by atomic mass is 10.2. The van der Waals surface area contributed by atoms with Crippen LogP contribution in [-0.2, 0) is 0 Å². The molecule has 0 unspecified atom stereocenters. The van der Waals surface area contributed by atoms with Gasteiger partial charge in [-0.3, -0.25) is 0 Å². The van der Waals surface area contributed by atoms with Crippen molar-refractivity contribution in [3.05, 3.63) is 58.7 Å². The third kappa shape index (κ3) is 3.30. The van der Waals surface area contributed by atoms with E-state index >= 15 is 0 Å². The average Bonchev–Trinajstić information content (AvgIpc) is 2.54. The first-order chi connectivity index (χ1) is 11.8. The van der Waals surface area contributed by atoms with Crippen LogP contribution >= 0.6 is 0 Å². The normalized spacial score (nSPS) is 11.9. The molecule has 0 N–H and O–H groups in total. The minimum absolute atomic E-state index is 0.0517. The number of hydrogen-bond donors (Lipinski definition) is 0. The number of ether oxygens (including phenoxy) is 1. The Kier molecular flexibility index (Phi) is 4.15. The van der Waals surface area contributed by atoms with Gasteiger partial charge < -0.3 is 9.15 Å². The lowest BCUT2D eigenvalue weighted by molar-refractivity contribution is -0.253. The van der Waals surface area contributed by atoms with Crippen LogP contribution in [0.5, 0.6) is 5.75 Å². The maximum absolute atomic E-state index is 13.6. The standard InChI is InChI=1S/C16H8F5NO3/c17-10-2-1-3-11-12(10)14(23)24-13(22-11)8-4-6-9(7-5-8)25-16(20,21)15(18)19/h1-7,15H. The topological polar surface area (TPSA) is 52.3 Å². The molecule has 0 aliphatic carbocycles. The SMILES string of the molecule is O=c1oc(-c2ccc(OC(F)(F)C(F)F)cc2)nc2cccc(F)c12. The molecule has 1 heterocycles. The van der Waals surface area contributed by atoms with Gasteiger partial charge in [-0.2, -0.15) is 17.6 Å². The summed E-state index contributed by atoms with van der Waals surface area (Å²) >= 11 is 0. The van der Waals surface area contributed by atoms with E-state index in [1.54, 1.807) is 0 Å². The van der Waals surface area contributed by atoms with Crippen LogP contribution in [0.15, 0.2) is 51.7 Å². The molecule has 0 amide bonds. The summed E-state index contributed by atoms with van der Waals surface area (Å²) in [5.74, 6) is -1.48. The number of nitrogens with zero attached hydrogens (tertiary/aromatic N) is 1. The van der Waals surface area contributed by atoms with Gasteiger partial charge in [-0.25, -0.2) is 14.2 Å². The van der Waals surface area contributed by atoms with Gasteiger partial charge in [0.25, 0.3) is 0 Å². The highest BCUT2D eigenvalue weighted by Crippen LogP contribution is 2.29. The van der Waals surface area contributed by atoms with Gasteiger partial charge in [0.1, 0.15) is 17.0 Å². The maximum Gasteiger partial charge on any atom is 0.461 e. The second kappa shape index (κ2) is 6.15. The minimum Gasteiger partial charge on any atom is -0.428 e. The summed E-state index contributed by atoms with van der Waals surface area (Å²) < 4.78 is 72.3. The molecule has 9 heteroatoms. The molecule has 0 fully saturated rings. The van der Waals surface area contributed by atoms with Gasteiger partial charge in [0.15, 0.2) is 0 Å². The molecule has 3 rings (SSSR count). The minimum atomic E-state index is -4.63. The largest absolute Gasteiger partial charge is 0.461 e. The molecule has 25 heavy (non-hydrogen) atoms. The highest BCUT2D eigenvalue weighted by molar-refractivity contribution is 5.79. The molecule has 3 aromatic rings. The number of halogens is 5. The number of fused-ring (bicyclic) bond motifs is 1. The lowest BCUT2D eigenvalue weighted by Crippen LogP contribution is -2.33. The van der Waals surface area contributed by atoms with Crippen molar-refractivity contribution in [2.75, 3.05) is 0 Å². The van der Waals surface area contributed by atoms with Crippen molar-refractivity contribution in [3.63, 3.8) is 0 Å². The molecule has 0 aliphatic rings. The third-order valence-electron chi connectivity index (χ3n) is 3.22. The van der Waals surface area contributed by atoms with E-state index in [1.807, 2.05) is 0 Å². The summed E-state index contributed by atoms with van der Waals surface area (Å²) in [6, 6.07) is 8.19. The van der Waals surface area contributed by atoms with Crippen LogP contribution in [0, 0.1) is 5.82 Å². The molecule has 4 nitrogen and oxygen atoms in total. The van der Waals surface area contributed by atoms with E-state index in [9.17, 15) is 26.7 Å². The van der Waals surface area contributed by atoms with E-state index in [2.05, 4.69) is 9.72 Å². The zero-order chi connectivity index (χ0) is 18.2. The van der Waals surface area contributed by atoms with Crippen LogP contribution in [0.25, 0.3) is 22.4 Å². The molecule has 130 valence electrons. The van der Waals surface area contributed by atoms with Crippen LogP contribution < -0.4 is 10.4 Å². The van der Waals surface area contributed by atoms with E-state index in [4.69, 9.17) is 4.42 Å². The predicted octanol–water partition coefficient (Wildman–Crippen LogP) is 4.23. The molecular formula is C16H8F5NO3. The van der Waals surface area contributed by atoms with Crippen molar-refractivity contribution in [1.82, 2.24) is 4.98 Å². The second-order valence-corrected chi connectivity index (χ2v) is 4.93. The van der Waals surface area contributed by atoms with Crippen LogP contribution in [0.2, 0.25) is 0 Å². The van der Waals surface area contributed by atoms with Gasteiger partial charge in [-0.05, 0) is 36.4 Å². The Balaban J connectivity index is 1.95. The number of alkyl halides is 4. The van der Waals surface area contributed by atoms with Crippen molar-refractivity contribution in [2.45, 2.75) is 12.5 Å². The first kappa shape index (κ1) is 16.9. The highest BCUT2D eigenvalue weighted by atomic mass is 19.3. The Bertz CT molecular complexity index is 970. The zero-order valence-corrected chi connectivity index (χ0v) is 12.2. The Labute approximate surface area is 136 Å². The lowest BCUT2D eigenvalue weighted by Gasteiger charge is -2.16. The van der Waals surface area contributed by atoms with Crippen LogP contribution in [0.1, 0.15) is 0 Å². The van der Waals surface area contributed by atoms with E-state index in [0.29, 0.717) is 0 Å². The predicted molar refractivity (Wildman–Crippen MR) is 77.3 cm³/mol. The average molecular weight is 357 g/mol. The highest BCUT2D eigenvalue weighted by Gasteiger charge is 2.43. The molecule has 0 spiro atoms. The second-order valence-electron chi connectivity index (χ2n) is 4.93.